The first kappa shape index (κ1) is 18.0. The highest BCUT2D eigenvalue weighted by atomic mass is 79.9. The van der Waals surface area contributed by atoms with E-state index < -0.39 is 5.97 Å². The number of rotatable bonds is 9. The molecule has 0 saturated heterocycles. The van der Waals surface area contributed by atoms with Crippen LogP contribution in [-0.4, -0.2) is 29.3 Å². The van der Waals surface area contributed by atoms with Gasteiger partial charge >= 0.3 is 5.97 Å². The van der Waals surface area contributed by atoms with Crippen LogP contribution in [0.25, 0.3) is 0 Å². The lowest BCUT2D eigenvalue weighted by molar-refractivity contribution is -0.138. The maximum atomic E-state index is 11.6. The molecule has 1 unspecified atom stereocenters. The summed E-state index contributed by atoms with van der Waals surface area (Å²) in [6, 6.07) is 8.09. The van der Waals surface area contributed by atoms with Crippen LogP contribution >= 0.6 is 27.7 Å². The van der Waals surface area contributed by atoms with Gasteiger partial charge in [-0.2, -0.15) is 0 Å². The van der Waals surface area contributed by atoms with Crippen molar-refractivity contribution in [3.05, 3.63) is 28.7 Å². The molecule has 0 heterocycles. The van der Waals surface area contributed by atoms with Crippen LogP contribution in [0.2, 0.25) is 0 Å². The summed E-state index contributed by atoms with van der Waals surface area (Å²) in [4.78, 5) is 23.3. The highest BCUT2D eigenvalue weighted by Gasteiger charge is 2.09. The molecule has 6 heteroatoms. The molecule has 0 aliphatic carbocycles. The van der Waals surface area contributed by atoms with Gasteiger partial charge in [-0.1, -0.05) is 22.9 Å². The number of halogens is 1. The number of carbonyl (C=O) groups excluding carboxylic acids is 1. The molecular weight excluding hydrogens is 354 g/mol. The van der Waals surface area contributed by atoms with Crippen molar-refractivity contribution < 1.29 is 14.7 Å². The Balaban J connectivity index is 2.10. The topological polar surface area (TPSA) is 66.4 Å². The van der Waals surface area contributed by atoms with Crippen molar-refractivity contribution in [3.63, 3.8) is 0 Å². The lowest BCUT2D eigenvalue weighted by Gasteiger charge is -2.10. The largest absolute Gasteiger partial charge is 0.481 e. The molecule has 1 aromatic carbocycles. The van der Waals surface area contributed by atoms with Gasteiger partial charge in [0.2, 0.25) is 5.91 Å². The Hall–Kier alpha value is -1.01. The van der Waals surface area contributed by atoms with E-state index in [0.717, 1.165) is 16.6 Å². The summed E-state index contributed by atoms with van der Waals surface area (Å²) < 4.78 is 1.06. The standard InChI is InChI=1S/C15H20BrNO3S/c1-11(9-15(19)20)10-17-14(18)3-2-8-21-13-6-4-12(16)5-7-13/h4-7,11H,2-3,8-10H2,1H3,(H,17,18)(H,19,20). The van der Waals surface area contributed by atoms with Crippen molar-refractivity contribution in [1.29, 1.82) is 0 Å². The summed E-state index contributed by atoms with van der Waals surface area (Å²) in [6.45, 7) is 2.24. The van der Waals surface area contributed by atoms with E-state index >= 15 is 0 Å². The van der Waals surface area contributed by atoms with E-state index in [-0.39, 0.29) is 18.2 Å². The average molecular weight is 374 g/mol. The molecule has 21 heavy (non-hydrogen) atoms. The van der Waals surface area contributed by atoms with Crippen molar-refractivity contribution in [2.45, 2.75) is 31.1 Å². The molecule has 0 bridgehead atoms. The van der Waals surface area contributed by atoms with Crippen LogP contribution in [0.1, 0.15) is 26.2 Å². The van der Waals surface area contributed by atoms with E-state index in [4.69, 9.17) is 5.11 Å². The first-order valence-electron chi connectivity index (χ1n) is 6.84. The minimum Gasteiger partial charge on any atom is -0.481 e. The smallest absolute Gasteiger partial charge is 0.303 e. The molecule has 1 atom stereocenters. The second-order valence-corrected chi connectivity index (χ2v) is 7.00. The number of nitrogens with one attached hydrogen (secondary N) is 1. The molecule has 0 saturated carbocycles. The molecule has 1 rings (SSSR count). The highest BCUT2D eigenvalue weighted by molar-refractivity contribution is 9.10. The fourth-order valence-corrected chi connectivity index (χ4v) is 2.82. The van der Waals surface area contributed by atoms with Crippen LogP contribution in [0.4, 0.5) is 0 Å². The van der Waals surface area contributed by atoms with Crippen molar-refractivity contribution >= 4 is 39.6 Å². The lowest BCUT2D eigenvalue weighted by Crippen LogP contribution is -2.29. The lowest BCUT2D eigenvalue weighted by atomic mass is 10.1. The molecule has 0 spiro atoms. The number of carboxylic acid groups (broad SMARTS) is 1. The second kappa shape index (κ2) is 9.84. The SMILES string of the molecule is CC(CNC(=O)CCCSc1ccc(Br)cc1)CC(=O)O. The number of carbonyl (C=O) groups is 2. The Morgan fingerprint density at radius 2 is 2.00 bits per heavy atom. The Kier molecular flexibility index (Phi) is 8.45. The van der Waals surface area contributed by atoms with Crippen LogP contribution in [0.3, 0.4) is 0 Å². The molecule has 4 nitrogen and oxygen atoms in total. The van der Waals surface area contributed by atoms with Crippen LogP contribution in [0, 0.1) is 5.92 Å². The van der Waals surface area contributed by atoms with Gasteiger partial charge in [-0.15, -0.1) is 11.8 Å². The zero-order valence-corrected chi connectivity index (χ0v) is 14.4. The fraction of sp³-hybridized carbons (Fsp3) is 0.467. The minimum absolute atomic E-state index is 0.0105. The van der Waals surface area contributed by atoms with E-state index in [9.17, 15) is 9.59 Å². The van der Waals surface area contributed by atoms with Crippen molar-refractivity contribution in [2.24, 2.45) is 5.92 Å². The highest BCUT2D eigenvalue weighted by Crippen LogP contribution is 2.21. The Labute approximate surface area is 137 Å². The molecular formula is C15H20BrNO3S. The van der Waals surface area contributed by atoms with Gasteiger partial charge in [0, 0.05) is 28.8 Å². The van der Waals surface area contributed by atoms with Gasteiger partial charge in [-0.05, 0) is 42.4 Å². The number of amides is 1. The van der Waals surface area contributed by atoms with Crippen molar-refractivity contribution in [1.82, 2.24) is 5.32 Å². The quantitative estimate of drug-likeness (QED) is 0.513. The molecule has 116 valence electrons. The molecule has 0 radical (unpaired) electrons. The monoisotopic (exact) mass is 373 g/mol. The van der Waals surface area contributed by atoms with Gasteiger partial charge < -0.3 is 10.4 Å². The minimum atomic E-state index is -0.831. The molecule has 0 aliphatic heterocycles. The molecule has 0 aromatic heterocycles. The van der Waals surface area contributed by atoms with Gasteiger partial charge in [-0.3, -0.25) is 9.59 Å². The zero-order valence-electron chi connectivity index (χ0n) is 12.0. The summed E-state index contributed by atoms with van der Waals surface area (Å²) in [5.74, 6) is 0.00888. The number of hydrogen-bond acceptors (Lipinski definition) is 3. The number of aliphatic carboxylic acids is 1. The summed E-state index contributed by atoms with van der Waals surface area (Å²) in [5.41, 5.74) is 0. The van der Waals surface area contributed by atoms with Crippen molar-refractivity contribution in [3.8, 4) is 0 Å². The van der Waals surface area contributed by atoms with E-state index in [2.05, 4.69) is 21.2 Å². The number of benzene rings is 1. The van der Waals surface area contributed by atoms with Gasteiger partial charge in [0.25, 0.3) is 0 Å². The van der Waals surface area contributed by atoms with Gasteiger partial charge in [0.05, 0.1) is 0 Å². The van der Waals surface area contributed by atoms with Gasteiger partial charge in [0.1, 0.15) is 0 Å². The number of hydrogen-bond donors (Lipinski definition) is 2. The molecule has 1 aromatic rings. The predicted octanol–water partition coefficient (Wildman–Crippen LogP) is 3.55. The van der Waals surface area contributed by atoms with E-state index in [1.165, 1.54) is 4.90 Å². The summed E-state index contributed by atoms with van der Waals surface area (Å²) in [6.07, 6.45) is 1.36. The van der Waals surface area contributed by atoms with E-state index in [1.54, 1.807) is 11.8 Å². The number of thioether (sulfide) groups is 1. The average Bonchev–Trinajstić information content (AvgIpc) is 2.42. The van der Waals surface area contributed by atoms with Crippen molar-refractivity contribution in [2.75, 3.05) is 12.3 Å². The molecule has 0 fully saturated rings. The Morgan fingerprint density at radius 3 is 2.62 bits per heavy atom. The van der Waals surface area contributed by atoms with E-state index in [1.807, 2.05) is 31.2 Å². The first-order valence-corrected chi connectivity index (χ1v) is 8.62. The second-order valence-electron chi connectivity index (χ2n) is 4.91. The normalized spacial score (nSPS) is 11.9. The van der Waals surface area contributed by atoms with Crippen LogP contribution < -0.4 is 5.32 Å². The third kappa shape index (κ3) is 8.78. The molecule has 2 N–H and O–H groups in total. The van der Waals surface area contributed by atoms with E-state index in [0.29, 0.717) is 13.0 Å². The molecule has 0 aliphatic rings. The third-order valence-corrected chi connectivity index (χ3v) is 4.43. The van der Waals surface area contributed by atoms with Gasteiger partial charge in [-0.25, -0.2) is 0 Å². The molecule has 1 amide bonds. The summed E-state index contributed by atoms with van der Waals surface area (Å²) in [5, 5.41) is 11.4. The van der Waals surface area contributed by atoms with Crippen LogP contribution in [0.15, 0.2) is 33.6 Å². The maximum Gasteiger partial charge on any atom is 0.303 e. The maximum absolute atomic E-state index is 11.6. The Bertz CT molecular complexity index is 464. The fourth-order valence-electron chi connectivity index (χ4n) is 1.70. The summed E-state index contributed by atoms with van der Waals surface area (Å²) in [7, 11) is 0. The number of carboxylic acids is 1. The summed E-state index contributed by atoms with van der Waals surface area (Å²) >= 11 is 5.12. The van der Waals surface area contributed by atoms with Crippen LogP contribution in [0.5, 0.6) is 0 Å². The zero-order chi connectivity index (χ0) is 15.7. The predicted molar refractivity (Wildman–Crippen MR) is 88.5 cm³/mol. The van der Waals surface area contributed by atoms with Crippen LogP contribution in [-0.2, 0) is 9.59 Å². The third-order valence-electron chi connectivity index (χ3n) is 2.80. The van der Waals surface area contributed by atoms with Gasteiger partial charge in [0.15, 0.2) is 0 Å². The first-order chi connectivity index (χ1) is 9.97. The Morgan fingerprint density at radius 1 is 1.33 bits per heavy atom.